The molecule has 1 saturated heterocycles. The standard InChI is InChI=1S/C22H27ClN6O3/c1-32-10-13-8-17(20(31)19(13)30)29-12-26-18-21(24-11-25-22(18)29)27-15-6-7-28(9-15)16-4-2-14(23)3-5-16/h2-5,11-13,15,17,19-20,30-31H,6-10H2,1H3,(H,24,25,27)/t13?,15-,17?,19?,20?/m0/s1. The fourth-order valence-corrected chi connectivity index (χ4v) is 5.04. The first-order chi connectivity index (χ1) is 15.5. The number of aromatic nitrogens is 4. The van der Waals surface area contributed by atoms with Crippen LogP contribution in [-0.4, -0.2) is 74.8 Å². The maximum absolute atomic E-state index is 10.6. The first-order valence-corrected chi connectivity index (χ1v) is 11.2. The van der Waals surface area contributed by atoms with Crippen molar-refractivity contribution in [2.24, 2.45) is 5.92 Å². The van der Waals surface area contributed by atoms with Crippen molar-refractivity contribution in [3.05, 3.63) is 41.9 Å². The molecule has 1 aliphatic carbocycles. The number of imidazole rings is 1. The highest BCUT2D eigenvalue weighted by molar-refractivity contribution is 6.30. The molecule has 0 spiro atoms. The van der Waals surface area contributed by atoms with E-state index in [0.717, 1.165) is 30.2 Å². The predicted molar refractivity (Wildman–Crippen MR) is 122 cm³/mol. The number of anilines is 2. The van der Waals surface area contributed by atoms with E-state index < -0.39 is 12.2 Å². The van der Waals surface area contributed by atoms with E-state index in [9.17, 15) is 10.2 Å². The maximum Gasteiger partial charge on any atom is 0.165 e. The van der Waals surface area contributed by atoms with E-state index in [1.807, 2.05) is 28.8 Å². The summed E-state index contributed by atoms with van der Waals surface area (Å²) < 4.78 is 7.04. The third kappa shape index (κ3) is 3.90. The van der Waals surface area contributed by atoms with Crippen LogP contribution >= 0.6 is 11.6 Å². The van der Waals surface area contributed by atoms with Gasteiger partial charge in [0.15, 0.2) is 11.5 Å². The Kier molecular flexibility index (Phi) is 5.90. The van der Waals surface area contributed by atoms with Crippen LogP contribution in [0, 0.1) is 5.92 Å². The lowest BCUT2D eigenvalue weighted by Gasteiger charge is -2.20. The third-order valence-corrected chi connectivity index (χ3v) is 6.84. The van der Waals surface area contributed by atoms with E-state index in [-0.39, 0.29) is 18.0 Å². The van der Waals surface area contributed by atoms with Gasteiger partial charge in [-0.15, -0.1) is 0 Å². The van der Waals surface area contributed by atoms with Crippen LogP contribution in [0.25, 0.3) is 11.2 Å². The number of hydrogen-bond acceptors (Lipinski definition) is 8. The number of ether oxygens (including phenoxy) is 1. The molecule has 0 radical (unpaired) electrons. The summed E-state index contributed by atoms with van der Waals surface area (Å²) in [7, 11) is 1.60. The second-order valence-electron chi connectivity index (χ2n) is 8.60. The molecule has 5 atom stereocenters. The minimum absolute atomic E-state index is 0.130. The Bertz CT molecular complexity index is 1080. The Morgan fingerprint density at radius 3 is 2.75 bits per heavy atom. The number of benzene rings is 1. The fourth-order valence-electron chi connectivity index (χ4n) is 4.91. The number of methoxy groups -OCH3 is 1. The zero-order valence-electron chi connectivity index (χ0n) is 17.8. The Labute approximate surface area is 191 Å². The number of halogens is 1. The van der Waals surface area contributed by atoms with Gasteiger partial charge in [-0.3, -0.25) is 0 Å². The van der Waals surface area contributed by atoms with Crippen molar-refractivity contribution >= 4 is 34.3 Å². The van der Waals surface area contributed by atoms with Crippen molar-refractivity contribution in [3.63, 3.8) is 0 Å². The van der Waals surface area contributed by atoms with Crippen molar-refractivity contribution in [1.82, 2.24) is 19.5 Å². The summed E-state index contributed by atoms with van der Waals surface area (Å²) in [4.78, 5) is 15.7. The normalized spacial score (nSPS) is 28.0. The van der Waals surface area contributed by atoms with Crippen LogP contribution in [0.15, 0.2) is 36.9 Å². The molecule has 1 aliphatic heterocycles. The molecule has 0 amide bonds. The monoisotopic (exact) mass is 458 g/mol. The zero-order valence-corrected chi connectivity index (χ0v) is 18.6. The first kappa shape index (κ1) is 21.4. The molecule has 32 heavy (non-hydrogen) atoms. The molecule has 3 N–H and O–H groups in total. The van der Waals surface area contributed by atoms with Crippen LogP contribution in [-0.2, 0) is 4.74 Å². The average Bonchev–Trinajstić information content (AvgIpc) is 3.50. The van der Waals surface area contributed by atoms with Crippen molar-refractivity contribution in [1.29, 1.82) is 0 Å². The summed E-state index contributed by atoms with van der Waals surface area (Å²) in [5.41, 5.74) is 2.45. The minimum atomic E-state index is -0.901. The number of hydrogen-bond donors (Lipinski definition) is 3. The molecule has 2 aliphatic rings. The van der Waals surface area contributed by atoms with Gasteiger partial charge >= 0.3 is 0 Å². The molecular formula is C22H27ClN6O3. The van der Waals surface area contributed by atoms with Crippen molar-refractivity contribution in [3.8, 4) is 0 Å². The van der Waals surface area contributed by atoms with E-state index in [2.05, 4.69) is 25.2 Å². The molecule has 4 unspecified atom stereocenters. The SMILES string of the molecule is COCC1CC(n2cnc3c(N[C@H]4CCN(c5ccc(Cl)cc5)C4)ncnc32)C(O)C1O. The van der Waals surface area contributed by atoms with Crippen LogP contribution in [0.5, 0.6) is 0 Å². The minimum Gasteiger partial charge on any atom is -0.390 e. The topological polar surface area (TPSA) is 109 Å². The fraction of sp³-hybridized carbons (Fsp3) is 0.500. The van der Waals surface area contributed by atoms with Gasteiger partial charge in [-0.2, -0.15) is 0 Å². The molecule has 2 aromatic heterocycles. The highest BCUT2D eigenvalue weighted by Crippen LogP contribution is 2.37. The summed E-state index contributed by atoms with van der Waals surface area (Å²) in [6.45, 7) is 2.18. The van der Waals surface area contributed by atoms with Crippen LogP contribution in [0.2, 0.25) is 5.02 Å². The summed E-state index contributed by atoms with van der Waals surface area (Å²) in [5, 5.41) is 25.3. The van der Waals surface area contributed by atoms with E-state index >= 15 is 0 Å². The summed E-state index contributed by atoms with van der Waals surface area (Å²) >= 11 is 6.01. The zero-order chi connectivity index (χ0) is 22.2. The van der Waals surface area contributed by atoms with Crippen LogP contribution < -0.4 is 10.2 Å². The molecule has 2 fully saturated rings. The molecule has 5 rings (SSSR count). The lowest BCUT2D eigenvalue weighted by atomic mass is 10.1. The van der Waals surface area contributed by atoms with Gasteiger partial charge in [0.1, 0.15) is 17.9 Å². The van der Waals surface area contributed by atoms with Gasteiger partial charge in [0, 0.05) is 42.9 Å². The van der Waals surface area contributed by atoms with E-state index in [1.165, 1.54) is 6.33 Å². The summed E-state index contributed by atoms with van der Waals surface area (Å²) in [5.74, 6) is 0.549. The molecule has 9 nitrogen and oxygen atoms in total. The van der Waals surface area contributed by atoms with Crippen LogP contribution in [0.3, 0.4) is 0 Å². The number of nitrogens with one attached hydrogen (secondary N) is 1. The van der Waals surface area contributed by atoms with Gasteiger partial charge in [-0.25, -0.2) is 15.0 Å². The number of fused-ring (bicyclic) bond motifs is 1. The number of aliphatic hydroxyl groups excluding tert-OH is 2. The van der Waals surface area contributed by atoms with Gasteiger partial charge in [0.05, 0.1) is 25.1 Å². The predicted octanol–water partition coefficient (Wildman–Crippen LogP) is 2.10. The van der Waals surface area contributed by atoms with Crippen LogP contribution in [0.4, 0.5) is 11.5 Å². The molecule has 170 valence electrons. The molecular weight excluding hydrogens is 432 g/mol. The van der Waals surface area contributed by atoms with E-state index in [0.29, 0.717) is 30.0 Å². The molecule has 1 saturated carbocycles. The number of aliphatic hydroxyl groups is 2. The highest BCUT2D eigenvalue weighted by atomic mass is 35.5. The van der Waals surface area contributed by atoms with Crippen molar-refractivity contribution < 1.29 is 14.9 Å². The largest absolute Gasteiger partial charge is 0.390 e. The van der Waals surface area contributed by atoms with Gasteiger partial charge < -0.3 is 29.7 Å². The Morgan fingerprint density at radius 2 is 1.97 bits per heavy atom. The Morgan fingerprint density at radius 1 is 1.16 bits per heavy atom. The summed E-state index contributed by atoms with van der Waals surface area (Å²) in [6.07, 6.45) is 3.01. The van der Waals surface area contributed by atoms with Gasteiger partial charge in [0.25, 0.3) is 0 Å². The van der Waals surface area contributed by atoms with E-state index in [1.54, 1.807) is 13.4 Å². The second kappa shape index (κ2) is 8.82. The van der Waals surface area contributed by atoms with Crippen molar-refractivity contribution in [2.75, 3.05) is 37.0 Å². The van der Waals surface area contributed by atoms with Crippen LogP contribution in [0.1, 0.15) is 18.9 Å². The van der Waals surface area contributed by atoms with Gasteiger partial charge in [0.2, 0.25) is 0 Å². The van der Waals surface area contributed by atoms with Gasteiger partial charge in [-0.05, 0) is 37.1 Å². The highest BCUT2D eigenvalue weighted by Gasteiger charge is 2.43. The summed E-state index contributed by atoms with van der Waals surface area (Å²) in [6, 6.07) is 7.79. The molecule has 3 aromatic rings. The maximum atomic E-state index is 10.6. The number of nitrogens with zero attached hydrogens (tertiary/aromatic N) is 5. The second-order valence-corrected chi connectivity index (χ2v) is 9.03. The lowest BCUT2D eigenvalue weighted by molar-refractivity contribution is -0.00886. The molecule has 10 heteroatoms. The molecule has 0 bridgehead atoms. The first-order valence-electron chi connectivity index (χ1n) is 10.8. The van der Waals surface area contributed by atoms with Gasteiger partial charge in [-0.1, -0.05) is 11.6 Å². The number of rotatable bonds is 6. The van der Waals surface area contributed by atoms with E-state index in [4.69, 9.17) is 16.3 Å². The molecule has 1 aromatic carbocycles. The molecule has 3 heterocycles. The Balaban J connectivity index is 1.33. The third-order valence-electron chi connectivity index (χ3n) is 6.59. The van der Waals surface area contributed by atoms with Crippen molar-refractivity contribution in [2.45, 2.75) is 37.1 Å². The Hall–Kier alpha value is -2.46. The smallest absolute Gasteiger partial charge is 0.165 e. The average molecular weight is 459 g/mol. The lowest BCUT2D eigenvalue weighted by Crippen LogP contribution is -2.30. The quantitative estimate of drug-likeness (QED) is 0.515.